The number of carboxylic acid groups (broad SMARTS) is 1. The smallest absolute Gasteiger partial charge is 0.345 e. The zero-order valence-corrected chi connectivity index (χ0v) is 8.81. The Morgan fingerprint density at radius 1 is 1.67 bits per heavy atom. The number of alkyl halides is 2. The minimum atomic E-state index is -2.50. The molecule has 0 bridgehead atoms. The molecule has 84 valence electrons. The first-order valence-electron chi connectivity index (χ1n) is 4.19. The molecule has 0 fully saturated rings. The van der Waals surface area contributed by atoms with Crippen molar-refractivity contribution in [3.05, 3.63) is 21.4 Å². The van der Waals surface area contributed by atoms with Crippen LogP contribution in [0, 0.1) is 6.92 Å². The summed E-state index contributed by atoms with van der Waals surface area (Å²) < 4.78 is 28.2. The summed E-state index contributed by atoms with van der Waals surface area (Å²) in [6, 6.07) is 1.45. The molecule has 0 aliphatic rings. The van der Waals surface area contributed by atoms with Crippen LogP contribution in [0.3, 0.4) is 0 Å². The summed E-state index contributed by atoms with van der Waals surface area (Å²) in [4.78, 5) is 11.6. The van der Waals surface area contributed by atoms with Crippen molar-refractivity contribution in [3.63, 3.8) is 0 Å². The van der Waals surface area contributed by atoms with Crippen LogP contribution in [0.5, 0.6) is 0 Å². The van der Waals surface area contributed by atoms with E-state index in [1.807, 2.05) is 0 Å². The number of carbonyl (C=O) groups is 1. The molecular formula is C9H10F2O3S. The first kappa shape index (κ1) is 12.1. The van der Waals surface area contributed by atoms with E-state index in [1.54, 1.807) is 6.92 Å². The second kappa shape index (κ2) is 5.18. The normalized spacial score (nSPS) is 10.9. The van der Waals surface area contributed by atoms with Gasteiger partial charge >= 0.3 is 5.97 Å². The zero-order chi connectivity index (χ0) is 11.4. The summed E-state index contributed by atoms with van der Waals surface area (Å²) in [5, 5.41) is 8.69. The molecule has 0 aliphatic heterocycles. The summed E-state index contributed by atoms with van der Waals surface area (Å²) >= 11 is 1.11. The summed E-state index contributed by atoms with van der Waals surface area (Å²) in [7, 11) is 0. The molecule has 6 heteroatoms. The summed E-state index contributed by atoms with van der Waals surface area (Å²) in [6.07, 6.45) is -2.50. The first-order chi connectivity index (χ1) is 7.00. The minimum Gasteiger partial charge on any atom is -0.477 e. The van der Waals surface area contributed by atoms with Crippen LogP contribution in [-0.4, -0.2) is 24.1 Å². The molecule has 1 N–H and O–H groups in total. The van der Waals surface area contributed by atoms with Gasteiger partial charge in [-0.3, -0.25) is 0 Å². The van der Waals surface area contributed by atoms with Crippen LogP contribution in [0.4, 0.5) is 8.78 Å². The Morgan fingerprint density at radius 3 is 2.80 bits per heavy atom. The Bertz CT molecular complexity index is 349. The predicted molar refractivity (Wildman–Crippen MR) is 51.7 cm³/mol. The van der Waals surface area contributed by atoms with Gasteiger partial charge in [-0.05, 0) is 18.6 Å². The van der Waals surface area contributed by atoms with E-state index in [4.69, 9.17) is 9.84 Å². The lowest BCUT2D eigenvalue weighted by Gasteiger charge is -2.01. The van der Waals surface area contributed by atoms with Gasteiger partial charge in [0.25, 0.3) is 6.43 Å². The lowest BCUT2D eigenvalue weighted by Crippen LogP contribution is -2.04. The van der Waals surface area contributed by atoms with Crippen molar-refractivity contribution >= 4 is 17.3 Å². The zero-order valence-electron chi connectivity index (χ0n) is 8.00. The Labute approximate surface area is 89.3 Å². The van der Waals surface area contributed by atoms with Crippen molar-refractivity contribution in [1.29, 1.82) is 0 Å². The molecular weight excluding hydrogens is 226 g/mol. The van der Waals surface area contributed by atoms with Crippen LogP contribution in [0.15, 0.2) is 6.07 Å². The molecule has 0 saturated heterocycles. The maximum atomic E-state index is 11.8. The number of hydrogen-bond donors (Lipinski definition) is 1. The van der Waals surface area contributed by atoms with E-state index in [2.05, 4.69) is 0 Å². The number of hydrogen-bond acceptors (Lipinski definition) is 3. The van der Waals surface area contributed by atoms with Gasteiger partial charge in [0.1, 0.15) is 11.5 Å². The molecule has 1 rings (SSSR count). The van der Waals surface area contributed by atoms with Crippen LogP contribution >= 0.6 is 11.3 Å². The average Bonchev–Trinajstić information content (AvgIpc) is 2.47. The average molecular weight is 236 g/mol. The van der Waals surface area contributed by atoms with Gasteiger partial charge in [-0.15, -0.1) is 11.3 Å². The highest BCUT2D eigenvalue weighted by Crippen LogP contribution is 2.22. The quantitative estimate of drug-likeness (QED) is 0.854. The lowest BCUT2D eigenvalue weighted by molar-refractivity contribution is 0.00981. The largest absolute Gasteiger partial charge is 0.477 e. The Morgan fingerprint density at radius 2 is 2.33 bits per heavy atom. The highest BCUT2D eigenvalue weighted by Gasteiger charge is 2.11. The summed E-state index contributed by atoms with van der Waals surface area (Å²) in [5.41, 5.74) is 0.651. The number of carboxylic acids is 1. The van der Waals surface area contributed by atoms with Gasteiger partial charge in [0.2, 0.25) is 0 Å². The van der Waals surface area contributed by atoms with E-state index in [9.17, 15) is 13.6 Å². The van der Waals surface area contributed by atoms with E-state index >= 15 is 0 Å². The third-order valence-corrected chi connectivity index (χ3v) is 2.81. The van der Waals surface area contributed by atoms with E-state index in [1.165, 1.54) is 6.07 Å². The van der Waals surface area contributed by atoms with Crippen molar-refractivity contribution < 1.29 is 23.4 Å². The molecule has 1 heterocycles. The molecule has 0 unspecified atom stereocenters. The van der Waals surface area contributed by atoms with Crippen LogP contribution < -0.4 is 0 Å². The molecule has 15 heavy (non-hydrogen) atoms. The van der Waals surface area contributed by atoms with Gasteiger partial charge in [-0.1, -0.05) is 0 Å². The Balaban J connectivity index is 2.57. The second-order valence-corrected chi connectivity index (χ2v) is 4.16. The molecule has 0 saturated carbocycles. The van der Waals surface area contributed by atoms with Crippen molar-refractivity contribution in [2.45, 2.75) is 20.0 Å². The molecule has 0 spiro atoms. The van der Waals surface area contributed by atoms with Gasteiger partial charge in [0.05, 0.1) is 6.61 Å². The van der Waals surface area contributed by atoms with Gasteiger partial charge in [0.15, 0.2) is 0 Å². The molecule has 0 aromatic carbocycles. The molecule has 3 nitrogen and oxygen atoms in total. The van der Waals surface area contributed by atoms with Gasteiger partial charge < -0.3 is 9.84 Å². The molecule has 1 aromatic rings. The third kappa shape index (κ3) is 3.56. The minimum absolute atomic E-state index is 0.0277. The fraction of sp³-hybridized carbons (Fsp3) is 0.444. The van der Waals surface area contributed by atoms with Crippen LogP contribution in [0.25, 0.3) is 0 Å². The maximum absolute atomic E-state index is 11.8. The van der Waals surface area contributed by atoms with E-state index in [0.29, 0.717) is 5.56 Å². The second-order valence-electron chi connectivity index (χ2n) is 2.90. The van der Waals surface area contributed by atoms with Gasteiger partial charge in [-0.2, -0.15) is 0 Å². The van der Waals surface area contributed by atoms with Crippen molar-refractivity contribution in [1.82, 2.24) is 0 Å². The van der Waals surface area contributed by atoms with E-state index < -0.39 is 19.0 Å². The monoisotopic (exact) mass is 236 g/mol. The van der Waals surface area contributed by atoms with Crippen LogP contribution in [0.2, 0.25) is 0 Å². The standard InChI is InChI=1S/C9H10F2O3S/c1-5-6(3-14-4-8(10)11)2-7(15-5)9(12)13/h2,8H,3-4H2,1H3,(H,12,13). The maximum Gasteiger partial charge on any atom is 0.345 e. The number of rotatable bonds is 5. The number of aromatic carboxylic acids is 1. The summed E-state index contributed by atoms with van der Waals surface area (Å²) in [5.74, 6) is -1.01. The number of ether oxygens (including phenoxy) is 1. The highest BCUT2D eigenvalue weighted by atomic mass is 32.1. The first-order valence-corrected chi connectivity index (χ1v) is 5.01. The number of aryl methyl sites for hydroxylation is 1. The molecule has 0 radical (unpaired) electrons. The number of thiophene rings is 1. The fourth-order valence-corrected chi connectivity index (χ4v) is 1.89. The van der Waals surface area contributed by atoms with E-state index in [0.717, 1.165) is 16.2 Å². The number of halogens is 2. The van der Waals surface area contributed by atoms with Crippen molar-refractivity contribution in [2.24, 2.45) is 0 Å². The molecule has 0 amide bonds. The molecule has 0 aliphatic carbocycles. The van der Waals surface area contributed by atoms with Crippen molar-refractivity contribution in [2.75, 3.05) is 6.61 Å². The van der Waals surface area contributed by atoms with Crippen molar-refractivity contribution in [3.8, 4) is 0 Å². The fourth-order valence-electron chi connectivity index (χ4n) is 1.03. The molecule has 0 atom stereocenters. The van der Waals surface area contributed by atoms with Gasteiger partial charge in [0, 0.05) is 4.88 Å². The van der Waals surface area contributed by atoms with Gasteiger partial charge in [-0.25, -0.2) is 13.6 Å². The molecule has 1 aromatic heterocycles. The predicted octanol–water partition coefficient (Wildman–Crippen LogP) is 2.54. The third-order valence-electron chi connectivity index (χ3n) is 1.73. The summed E-state index contributed by atoms with van der Waals surface area (Å²) in [6.45, 7) is 1.13. The van der Waals surface area contributed by atoms with Crippen LogP contribution in [0.1, 0.15) is 20.1 Å². The van der Waals surface area contributed by atoms with Crippen LogP contribution in [-0.2, 0) is 11.3 Å². The Hall–Kier alpha value is -1.01. The highest BCUT2D eigenvalue weighted by molar-refractivity contribution is 7.14. The topological polar surface area (TPSA) is 46.5 Å². The lowest BCUT2D eigenvalue weighted by atomic mass is 10.2. The van der Waals surface area contributed by atoms with E-state index in [-0.39, 0.29) is 11.5 Å². The Kier molecular flexibility index (Phi) is 4.16. The SMILES string of the molecule is Cc1sc(C(=O)O)cc1COCC(F)F.